The molecule has 0 fully saturated rings. The topological polar surface area (TPSA) is 76.5 Å². The number of hydrogen-bond acceptors (Lipinski definition) is 4. The van der Waals surface area contributed by atoms with Gasteiger partial charge in [0.05, 0.1) is 17.1 Å². The number of aromatic amines is 1. The third-order valence-corrected chi connectivity index (χ3v) is 3.92. The van der Waals surface area contributed by atoms with E-state index >= 15 is 0 Å². The van der Waals surface area contributed by atoms with Crippen molar-refractivity contribution in [3.05, 3.63) is 86.0 Å². The van der Waals surface area contributed by atoms with Crippen LogP contribution in [0.15, 0.2) is 74.3 Å². The molecule has 1 N–H and O–H groups in total. The summed E-state index contributed by atoms with van der Waals surface area (Å²) in [6.07, 6.45) is 3.04. The number of nitrogens with one attached hydrogen (secondary N) is 1. The van der Waals surface area contributed by atoms with Gasteiger partial charge in [-0.05, 0) is 30.3 Å². The molecule has 3 aromatic rings. The Labute approximate surface area is 151 Å². The summed E-state index contributed by atoms with van der Waals surface area (Å²) < 4.78 is 7.17. The van der Waals surface area contributed by atoms with E-state index in [1.54, 1.807) is 42.5 Å². The van der Waals surface area contributed by atoms with Gasteiger partial charge < -0.3 is 9.72 Å². The number of rotatable bonds is 5. The second-order valence-corrected chi connectivity index (χ2v) is 6.03. The first-order valence-electron chi connectivity index (χ1n) is 7.42. The lowest BCUT2D eigenvalue weighted by molar-refractivity contribution is 0.362. The molecule has 0 radical (unpaired) electrons. The average Bonchev–Trinajstić information content (AvgIpc) is 2.61. The maximum Gasteiger partial charge on any atom is 0.349 e. The van der Waals surface area contributed by atoms with E-state index < -0.39 is 11.2 Å². The van der Waals surface area contributed by atoms with Crippen molar-refractivity contribution in [1.82, 2.24) is 9.66 Å². The summed E-state index contributed by atoms with van der Waals surface area (Å²) in [5.41, 5.74) is -0.000224. The highest BCUT2D eigenvalue weighted by Crippen LogP contribution is 2.21. The van der Waals surface area contributed by atoms with Gasteiger partial charge in [0, 0.05) is 10.0 Å². The molecule has 0 aliphatic heterocycles. The first-order valence-corrected chi connectivity index (χ1v) is 8.21. The van der Waals surface area contributed by atoms with Crippen molar-refractivity contribution < 1.29 is 4.74 Å². The maximum absolute atomic E-state index is 12.5. The van der Waals surface area contributed by atoms with Crippen molar-refractivity contribution in [2.75, 3.05) is 6.61 Å². The summed E-state index contributed by atoms with van der Waals surface area (Å²) in [4.78, 5) is 27.2. The summed E-state index contributed by atoms with van der Waals surface area (Å²) >= 11 is 3.38. The quantitative estimate of drug-likeness (QED) is 0.529. The first kappa shape index (κ1) is 16.9. The predicted molar refractivity (Wildman–Crippen MR) is 102 cm³/mol. The van der Waals surface area contributed by atoms with Crippen LogP contribution in [0.3, 0.4) is 0 Å². The molecule has 25 heavy (non-hydrogen) atoms. The molecule has 126 valence electrons. The fraction of sp³-hybridized carbons (Fsp3) is 0.0556. The molecule has 0 amide bonds. The molecule has 0 saturated heterocycles. The van der Waals surface area contributed by atoms with Crippen molar-refractivity contribution in [1.29, 1.82) is 0 Å². The van der Waals surface area contributed by atoms with Crippen LogP contribution >= 0.6 is 15.9 Å². The van der Waals surface area contributed by atoms with Crippen molar-refractivity contribution in [3.63, 3.8) is 0 Å². The van der Waals surface area contributed by atoms with Crippen molar-refractivity contribution in [3.8, 4) is 5.75 Å². The molecule has 0 unspecified atom stereocenters. The normalized spacial score (nSPS) is 11.1. The van der Waals surface area contributed by atoms with Crippen LogP contribution in [0.25, 0.3) is 10.9 Å². The summed E-state index contributed by atoms with van der Waals surface area (Å²) in [6.45, 7) is 3.94. The van der Waals surface area contributed by atoms with E-state index in [9.17, 15) is 9.59 Å². The van der Waals surface area contributed by atoms with Gasteiger partial charge in [-0.1, -0.05) is 40.7 Å². The van der Waals surface area contributed by atoms with E-state index in [1.807, 2.05) is 6.07 Å². The highest BCUT2D eigenvalue weighted by molar-refractivity contribution is 9.10. The van der Waals surface area contributed by atoms with E-state index in [-0.39, 0.29) is 0 Å². The Hall–Kier alpha value is -2.93. The van der Waals surface area contributed by atoms with Crippen molar-refractivity contribution >= 4 is 33.0 Å². The Morgan fingerprint density at radius 2 is 2.04 bits per heavy atom. The van der Waals surface area contributed by atoms with E-state index in [2.05, 4.69) is 32.6 Å². The van der Waals surface area contributed by atoms with Crippen LogP contribution in [0.1, 0.15) is 5.56 Å². The van der Waals surface area contributed by atoms with Gasteiger partial charge in [0.25, 0.3) is 5.56 Å². The number of halogens is 1. The monoisotopic (exact) mass is 399 g/mol. The van der Waals surface area contributed by atoms with Gasteiger partial charge in [-0.15, -0.1) is 4.68 Å². The summed E-state index contributed by atoms with van der Waals surface area (Å²) in [7, 11) is 0. The number of aromatic nitrogens is 2. The number of ether oxygens (including phenoxy) is 1. The summed E-state index contributed by atoms with van der Waals surface area (Å²) in [5, 5.41) is 4.43. The van der Waals surface area contributed by atoms with Crippen LogP contribution < -0.4 is 16.0 Å². The molecule has 0 aliphatic carbocycles. The smallest absolute Gasteiger partial charge is 0.349 e. The van der Waals surface area contributed by atoms with Crippen LogP contribution in [-0.2, 0) is 0 Å². The fourth-order valence-electron chi connectivity index (χ4n) is 2.28. The Morgan fingerprint density at radius 1 is 1.24 bits per heavy atom. The van der Waals surface area contributed by atoms with Crippen molar-refractivity contribution in [2.45, 2.75) is 0 Å². The fourth-order valence-corrected chi connectivity index (χ4v) is 2.66. The molecular weight excluding hydrogens is 386 g/mol. The number of para-hydroxylation sites is 1. The molecule has 0 bridgehead atoms. The highest BCUT2D eigenvalue weighted by atomic mass is 79.9. The SMILES string of the molecule is C=CCOc1ccc(Br)cc1C=Nn1c(=O)[nH]c2ccccc2c1=O. The molecule has 6 nitrogen and oxygen atoms in total. The van der Waals surface area contributed by atoms with E-state index in [1.165, 1.54) is 6.21 Å². The second kappa shape index (κ2) is 7.31. The Bertz CT molecular complexity index is 1080. The maximum atomic E-state index is 12.5. The molecule has 0 spiro atoms. The largest absolute Gasteiger partial charge is 0.489 e. The molecule has 0 atom stereocenters. The Kier molecular flexibility index (Phi) is 4.95. The van der Waals surface area contributed by atoms with Gasteiger partial charge in [-0.25, -0.2) is 4.79 Å². The first-order chi connectivity index (χ1) is 12.1. The molecule has 2 aromatic carbocycles. The van der Waals surface area contributed by atoms with Crippen LogP contribution in [0.4, 0.5) is 0 Å². The van der Waals surface area contributed by atoms with Crippen LogP contribution in [-0.4, -0.2) is 22.5 Å². The molecule has 1 aromatic heterocycles. The summed E-state index contributed by atoms with van der Waals surface area (Å²) in [5.74, 6) is 0.567. The molecule has 1 heterocycles. The molecule has 7 heteroatoms. The Balaban J connectivity index is 2.07. The van der Waals surface area contributed by atoms with Gasteiger partial charge in [-0.2, -0.15) is 5.10 Å². The minimum absolute atomic E-state index is 0.332. The standard InChI is InChI=1S/C18H14BrN3O3/c1-2-9-25-16-8-7-13(19)10-12(16)11-20-22-17(23)14-5-3-4-6-15(14)21-18(22)24/h2-8,10-11H,1,9H2,(H,21,24). The van der Waals surface area contributed by atoms with Gasteiger partial charge in [0.1, 0.15) is 12.4 Å². The zero-order valence-corrected chi connectivity index (χ0v) is 14.7. The van der Waals surface area contributed by atoms with E-state index in [0.717, 1.165) is 9.15 Å². The predicted octanol–water partition coefficient (Wildman–Crippen LogP) is 2.90. The van der Waals surface area contributed by atoms with Gasteiger partial charge in [-0.3, -0.25) is 4.79 Å². The number of fused-ring (bicyclic) bond motifs is 1. The van der Waals surface area contributed by atoms with Crippen LogP contribution in [0.2, 0.25) is 0 Å². The zero-order valence-electron chi connectivity index (χ0n) is 13.1. The highest BCUT2D eigenvalue weighted by Gasteiger charge is 2.07. The van der Waals surface area contributed by atoms with Crippen LogP contribution in [0, 0.1) is 0 Å². The van der Waals surface area contributed by atoms with Gasteiger partial charge in [0.15, 0.2) is 0 Å². The molecule has 0 aliphatic rings. The lowest BCUT2D eigenvalue weighted by Gasteiger charge is -2.07. The second-order valence-electron chi connectivity index (χ2n) is 5.12. The van der Waals surface area contributed by atoms with E-state index in [4.69, 9.17) is 4.74 Å². The number of nitrogens with zero attached hydrogens (tertiary/aromatic N) is 2. The number of hydrogen-bond donors (Lipinski definition) is 1. The average molecular weight is 400 g/mol. The Morgan fingerprint density at radius 3 is 2.84 bits per heavy atom. The molecule has 3 rings (SSSR count). The van der Waals surface area contributed by atoms with Crippen LogP contribution in [0.5, 0.6) is 5.75 Å². The zero-order chi connectivity index (χ0) is 17.8. The molecular formula is C18H14BrN3O3. The molecule has 0 saturated carbocycles. The lowest BCUT2D eigenvalue weighted by atomic mass is 10.2. The number of H-pyrrole nitrogens is 1. The lowest BCUT2D eigenvalue weighted by Crippen LogP contribution is -2.32. The van der Waals surface area contributed by atoms with E-state index in [0.29, 0.717) is 28.8 Å². The van der Waals surface area contributed by atoms with Gasteiger partial charge >= 0.3 is 5.69 Å². The minimum Gasteiger partial charge on any atom is -0.489 e. The van der Waals surface area contributed by atoms with Crippen molar-refractivity contribution in [2.24, 2.45) is 5.10 Å². The third-order valence-electron chi connectivity index (χ3n) is 3.42. The van der Waals surface area contributed by atoms with Gasteiger partial charge in [0.2, 0.25) is 0 Å². The number of benzene rings is 2. The minimum atomic E-state index is -0.608. The third kappa shape index (κ3) is 3.61. The summed E-state index contributed by atoms with van der Waals surface area (Å²) in [6, 6.07) is 12.1.